The van der Waals surface area contributed by atoms with Crippen LogP contribution in [0.5, 0.6) is 0 Å². The monoisotopic (exact) mass is 412 g/mol. The maximum atomic E-state index is 11.7. The Hall–Kier alpha value is -1.35. The Morgan fingerprint density at radius 1 is 0.667 bits per heavy atom. The molecule has 0 heterocycles. The van der Waals surface area contributed by atoms with E-state index in [9.17, 15) is 14.2 Å². The minimum atomic E-state index is -4.09. The zero-order valence-electron chi connectivity index (χ0n) is 16.1. The number of rotatable bonds is 16. The fourth-order valence-corrected chi connectivity index (χ4v) is 2.40. The van der Waals surface area contributed by atoms with Gasteiger partial charge in [-0.3, -0.25) is 9.05 Å². The van der Waals surface area contributed by atoms with Crippen molar-refractivity contribution >= 4 is 20.1 Å². The summed E-state index contributed by atoms with van der Waals surface area (Å²) in [6, 6.07) is 0. The van der Waals surface area contributed by atoms with Crippen LogP contribution < -0.4 is 5.50 Å². The van der Waals surface area contributed by atoms with Gasteiger partial charge in [0.15, 0.2) is 0 Å². The van der Waals surface area contributed by atoms with Crippen LogP contribution in [0.4, 0.5) is 9.59 Å². The SMILES string of the molecule is CCCCCOC(=O)OCCOP([NH])(=O)OCCOC(=O)OCCCCC. The molecule has 0 saturated heterocycles. The predicted molar refractivity (Wildman–Crippen MR) is 96.3 cm³/mol. The second-order valence-corrected chi connectivity index (χ2v) is 6.98. The van der Waals surface area contributed by atoms with Gasteiger partial charge in [0.25, 0.3) is 0 Å². The maximum Gasteiger partial charge on any atom is 0.508 e. The molecule has 0 fully saturated rings. The van der Waals surface area contributed by atoms with Gasteiger partial charge in [-0.25, -0.2) is 14.2 Å². The first-order valence-corrected chi connectivity index (χ1v) is 10.7. The van der Waals surface area contributed by atoms with Gasteiger partial charge in [-0.05, 0) is 12.8 Å². The Labute approximate surface area is 160 Å². The average Bonchev–Trinajstić information content (AvgIpc) is 2.63. The lowest BCUT2D eigenvalue weighted by atomic mass is 10.3. The number of unbranched alkanes of at least 4 members (excludes halogenated alkanes) is 4. The molecule has 0 aliphatic carbocycles. The second kappa shape index (κ2) is 16.8. The molecule has 0 aliphatic rings. The molecule has 0 aromatic carbocycles. The quantitative estimate of drug-likeness (QED) is 0.209. The molecule has 0 aromatic heterocycles. The minimum Gasteiger partial charge on any atom is -0.434 e. The molecule has 0 saturated carbocycles. The Balaban J connectivity index is 3.64. The van der Waals surface area contributed by atoms with Crippen molar-refractivity contribution in [3.63, 3.8) is 0 Å². The summed E-state index contributed by atoms with van der Waals surface area (Å²) in [7, 11) is -4.09. The summed E-state index contributed by atoms with van der Waals surface area (Å²) in [5, 5.41) is 0. The summed E-state index contributed by atoms with van der Waals surface area (Å²) in [4.78, 5) is 22.4. The van der Waals surface area contributed by atoms with E-state index < -0.39 is 20.1 Å². The molecule has 11 heteroatoms. The Morgan fingerprint density at radius 3 is 1.41 bits per heavy atom. The summed E-state index contributed by atoms with van der Waals surface area (Å²) in [5.41, 5.74) is 7.38. The van der Waals surface area contributed by atoms with Crippen LogP contribution >= 0.6 is 7.75 Å². The molecule has 0 bridgehead atoms. The first-order valence-electron chi connectivity index (χ1n) is 9.14. The summed E-state index contributed by atoms with van der Waals surface area (Å²) in [5.74, 6) is 0. The molecular weight excluding hydrogens is 381 g/mol. The van der Waals surface area contributed by atoms with Crippen molar-refractivity contribution in [3.8, 4) is 0 Å². The molecule has 0 unspecified atom stereocenters. The Kier molecular flexibility index (Phi) is 16.0. The molecule has 0 atom stereocenters. The van der Waals surface area contributed by atoms with Crippen molar-refractivity contribution in [1.29, 1.82) is 0 Å². The summed E-state index contributed by atoms with van der Waals surface area (Å²) in [6.45, 7) is 3.59. The number of ether oxygens (including phenoxy) is 4. The van der Waals surface area contributed by atoms with Gasteiger partial charge in [0.1, 0.15) is 13.2 Å². The van der Waals surface area contributed by atoms with E-state index in [1.807, 2.05) is 13.8 Å². The summed E-state index contributed by atoms with van der Waals surface area (Å²) < 4.78 is 40.1. The summed E-state index contributed by atoms with van der Waals surface area (Å²) >= 11 is 0. The molecule has 159 valence electrons. The van der Waals surface area contributed by atoms with Gasteiger partial charge in [-0.2, -0.15) is 0 Å². The van der Waals surface area contributed by atoms with E-state index in [4.69, 9.17) is 33.5 Å². The first-order chi connectivity index (χ1) is 12.9. The zero-order valence-corrected chi connectivity index (χ0v) is 17.0. The van der Waals surface area contributed by atoms with Gasteiger partial charge in [0, 0.05) is 0 Å². The highest BCUT2D eigenvalue weighted by atomic mass is 31.2. The smallest absolute Gasteiger partial charge is 0.434 e. The fourth-order valence-electron chi connectivity index (χ4n) is 1.70. The molecule has 0 amide bonds. The number of carbonyl (C=O) groups excluding carboxylic acids is 2. The van der Waals surface area contributed by atoms with Crippen molar-refractivity contribution in [2.75, 3.05) is 39.6 Å². The number of nitrogens with one attached hydrogen (secondary N) is 1. The van der Waals surface area contributed by atoms with Crippen molar-refractivity contribution in [2.45, 2.75) is 52.4 Å². The van der Waals surface area contributed by atoms with Crippen LogP contribution in [0.3, 0.4) is 0 Å². The molecule has 0 rings (SSSR count). The highest BCUT2D eigenvalue weighted by Gasteiger charge is 2.20. The highest BCUT2D eigenvalue weighted by molar-refractivity contribution is 7.50. The standard InChI is InChI=1S/C16H31NO9P/c1-3-5-7-9-21-15(18)23-11-13-25-27(17,20)26-14-12-24-16(19)22-10-8-6-4-2/h17H,3-14H2,1-2H3. The van der Waals surface area contributed by atoms with Crippen LogP contribution in [-0.4, -0.2) is 52.0 Å². The molecule has 0 aromatic rings. The van der Waals surface area contributed by atoms with Crippen LogP contribution in [0.15, 0.2) is 0 Å². The molecule has 1 N–H and O–H groups in total. The molecular formula is C16H31NO9P. The average molecular weight is 412 g/mol. The number of hydrogen-bond donors (Lipinski definition) is 0. The van der Waals surface area contributed by atoms with Crippen molar-refractivity contribution in [3.05, 3.63) is 0 Å². The van der Waals surface area contributed by atoms with Gasteiger partial charge in [-0.1, -0.05) is 39.5 Å². The van der Waals surface area contributed by atoms with Crippen LogP contribution in [0.2, 0.25) is 0 Å². The number of carbonyl (C=O) groups is 2. The van der Waals surface area contributed by atoms with E-state index in [1.165, 1.54) is 0 Å². The normalized spacial score (nSPS) is 11.1. The van der Waals surface area contributed by atoms with E-state index in [0.717, 1.165) is 38.5 Å². The van der Waals surface area contributed by atoms with E-state index in [1.54, 1.807) is 0 Å². The third-order valence-corrected chi connectivity index (χ3v) is 4.11. The van der Waals surface area contributed by atoms with E-state index >= 15 is 0 Å². The van der Waals surface area contributed by atoms with Crippen LogP contribution in [0.25, 0.3) is 0 Å². The van der Waals surface area contributed by atoms with E-state index in [-0.39, 0.29) is 39.6 Å². The van der Waals surface area contributed by atoms with Crippen LogP contribution in [0, 0.1) is 0 Å². The Morgan fingerprint density at radius 2 is 1.04 bits per heavy atom. The van der Waals surface area contributed by atoms with Gasteiger partial charge in [0.05, 0.1) is 26.4 Å². The molecule has 1 radical (unpaired) electrons. The van der Waals surface area contributed by atoms with Crippen molar-refractivity contribution < 1.29 is 42.1 Å². The molecule has 27 heavy (non-hydrogen) atoms. The number of hydrogen-bond acceptors (Lipinski definition) is 9. The topological polar surface area (TPSA) is 130 Å². The third kappa shape index (κ3) is 17.8. The lowest BCUT2D eigenvalue weighted by Gasteiger charge is -2.13. The van der Waals surface area contributed by atoms with Crippen molar-refractivity contribution in [2.24, 2.45) is 0 Å². The van der Waals surface area contributed by atoms with Gasteiger partial charge in [0.2, 0.25) is 0 Å². The zero-order chi connectivity index (χ0) is 20.4. The predicted octanol–water partition coefficient (Wildman–Crippen LogP) is 4.10. The van der Waals surface area contributed by atoms with Crippen LogP contribution in [-0.2, 0) is 32.6 Å². The first kappa shape index (κ1) is 25.6. The van der Waals surface area contributed by atoms with Crippen LogP contribution in [0.1, 0.15) is 52.4 Å². The third-order valence-electron chi connectivity index (χ3n) is 3.06. The van der Waals surface area contributed by atoms with Gasteiger partial charge in [-0.15, -0.1) is 5.50 Å². The Bertz CT molecular complexity index is 412. The second-order valence-electron chi connectivity index (χ2n) is 5.47. The highest BCUT2D eigenvalue weighted by Crippen LogP contribution is 2.41. The van der Waals surface area contributed by atoms with E-state index in [0.29, 0.717) is 0 Å². The molecule has 0 spiro atoms. The van der Waals surface area contributed by atoms with E-state index in [2.05, 4.69) is 0 Å². The van der Waals surface area contributed by atoms with Gasteiger partial charge >= 0.3 is 20.1 Å². The molecule has 0 aliphatic heterocycles. The maximum absolute atomic E-state index is 11.7. The van der Waals surface area contributed by atoms with Crippen molar-refractivity contribution in [1.82, 2.24) is 5.50 Å². The largest absolute Gasteiger partial charge is 0.508 e. The minimum absolute atomic E-state index is 0.223. The summed E-state index contributed by atoms with van der Waals surface area (Å²) in [6.07, 6.45) is 3.75. The lowest BCUT2D eigenvalue weighted by Crippen LogP contribution is -2.14. The fraction of sp³-hybridized carbons (Fsp3) is 0.875. The van der Waals surface area contributed by atoms with Gasteiger partial charge < -0.3 is 18.9 Å². The lowest BCUT2D eigenvalue weighted by molar-refractivity contribution is 0.0372. The molecule has 10 nitrogen and oxygen atoms in total.